The zero-order valence-corrected chi connectivity index (χ0v) is 19.7. The molecule has 4 aromatic rings. The third-order valence-electron chi connectivity index (χ3n) is 6.56. The molecule has 6 heteroatoms. The summed E-state index contributed by atoms with van der Waals surface area (Å²) in [5.74, 6) is -0.142. The smallest absolute Gasteiger partial charge is 0.256 e. The number of rotatable bonds is 5. The molecule has 6 nitrogen and oxygen atoms in total. The second kappa shape index (κ2) is 9.61. The number of hydrogen-bond donors (Lipinski definition) is 1. The average molecular weight is 452 g/mol. The van der Waals surface area contributed by atoms with E-state index in [-0.39, 0.29) is 5.91 Å². The summed E-state index contributed by atoms with van der Waals surface area (Å²) in [6, 6.07) is 19.7. The van der Waals surface area contributed by atoms with Gasteiger partial charge >= 0.3 is 0 Å². The lowest BCUT2D eigenvalue weighted by atomic mass is 10.0. The molecule has 1 fully saturated rings. The summed E-state index contributed by atoms with van der Waals surface area (Å²) < 4.78 is 0. The molecule has 1 saturated heterocycles. The minimum absolute atomic E-state index is 0.142. The van der Waals surface area contributed by atoms with E-state index in [1.54, 1.807) is 12.4 Å². The summed E-state index contributed by atoms with van der Waals surface area (Å²) in [6.07, 6.45) is 3.50. The van der Waals surface area contributed by atoms with E-state index in [0.717, 1.165) is 66.1 Å². The number of carbonyl (C=O) groups is 1. The van der Waals surface area contributed by atoms with E-state index >= 15 is 0 Å². The van der Waals surface area contributed by atoms with E-state index in [9.17, 15) is 4.79 Å². The Morgan fingerprint density at radius 3 is 2.56 bits per heavy atom. The molecule has 0 saturated carbocycles. The molecule has 5 rings (SSSR count). The molecule has 0 atom stereocenters. The van der Waals surface area contributed by atoms with Crippen LogP contribution in [0.2, 0.25) is 0 Å². The molecule has 0 unspecified atom stereocenters. The number of amides is 1. The lowest BCUT2D eigenvalue weighted by Gasteiger charge is -2.35. The summed E-state index contributed by atoms with van der Waals surface area (Å²) in [5, 5.41) is 3.96. The summed E-state index contributed by atoms with van der Waals surface area (Å²) in [6.45, 7) is 9.59. The van der Waals surface area contributed by atoms with Gasteiger partial charge in [-0.15, -0.1) is 0 Å². The molecule has 172 valence electrons. The van der Waals surface area contributed by atoms with Gasteiger partial charge < -0.3 is 15.1 Å². The van der Waals surface area contributed by atoms with Gasteiger partial charge in [0.25, 0.3) is 5.91 Å². The maximum Gasteiger partial charge on any atom is 0.256 e. The molecular formula is C28H29N5O. The third-order valence-corrected chi connectivity index (χ3v) is 6.56. The van der Waals surface area contributed by atoms with Crippen molar-refractivity contribution in [3.8, 4) is 11.3 Å². The zero-order chi connectivity index (χ0) is 23.5. The predicted octanol–water partition coefficient (Wildman–Crippen LogP) is 5.00. The SMILES string of the molecule is CCN1CCN(c2ccc(NC(=O)c3cc(-c4cccnc4)nc4ccccc34)c(C)c2)CC1. The Hall–Kier alpha value is -3.77. The highest BCUT2D eigenvalue weighted by Crippen LogP contribution is 2.27. The number of nitrogens with one attached hydrogen (secondary N) is 1. The van der Waals surface area contributed by atoms with Gasteiger partial charge in [-0.2, -0.15) is 0 Å². The number of anilines is 2. The molecule has 1 aliphatic rings. The van der Waals surface area contributed by atoms with Crippen molar-refractivity contribution in [2.24, 2.45) is 0 Å². The van der Waals surface area contributed by atoms with Crippen LogP contribution in [0.25, 0.3) is 22.2 Å². The first-order valence-corrected chi connectivity index (χ1v) is 11.8. The zero-order valence-electron chi connectivity index (χ0n) is 19.7. The number of nitrogens with zero attached hydrogens (tertiary/aromatic N) is 4. The molecule has 2 aromatic heterocycles. The van der Waals surface area contributed by atoms with Crippen molar-refractivity contribution in [1.29, 1.82) is 0 Å². The summed E-state index contributed by atoms with van der Waals surface area (Å²) in [4.78, 5) is 27.3. The highest BCUT2D eigenvalue weighted by atomic mass is 16.1. The van der Waals surface area contributed by atoms with Crippen LogP contribution in [0.5, 0.6) is 0 Å². The molecule has 0 aliphatic carbocycles. The number of hydrogen-bond acceptors (Lipinski definition) is 5. The molecule has 34 heavy (non-hydrogen) atoms. The Morgan fingerprint density at radius 1 is 1.00 bits per heavy atom. The minimum Gasteiger partial charge on any atom is -0.369 e. The van der Waals surface area contributed by atoms with E-state index in [4.69, 9.17) is 4.98 Å². The van der Waals surface area contributed by atoms with Crippen LogP contribution in [0.15, 0.2) is 73.1 Å². The van der Waals surface area contributed by atoms with E-state index in [0.29, 0.717) is 5.56 Å². The molecular weight excluding hydrogens is 422 g/mol. The number of benzene rings is 2. The number of aryl methyl sites for hydroxylation is 1. The number of piperazine rings is 1. The molecule has 0 spiro atoms. The van der Waals surface area contributed by atoms with Crippen LogP contribution in [0.4, 0.5) is 11.4 Å². The van der Waals surface area contributed by atoms with Crippen molar-refractivity contribution in [2.75, 3.05) is 42.9 Å². The van der Waals surface area contributed by atoms with Crippen LogP contribution in [0, 0.1) is 6.92 Å². The first kappa shape index (κ1) is 22.0. The number of likely N-dealkylation sites (N-methyl/N-ethyl adjacent to an activating group) is 1. The topological polar surface area (TPSA) is 61.4 Å². The molecule has 2 aromatic carbocycles. The van der Waals surface area contributed by atoms with Gasteiger partial charge in [0.2, 0.25) is 0 Å². The predicted molar refractivity (Wildman–Crippen MR) is 138 cm³/mol. The number of aromatic nitrogens is 2. The Labute approximate surface area is 200 Å². The molecule has 3 heterocycles. The number of para-hydroxylation sites is 1. The lowest BCUT2D eigenvalue weighted by Crippen LogP contribution is -2.46. The van der Waals surface area contributed by atoms with Gasteiger partial charge in [0.05, 0.1) is 16.8 Å². The van der Waals surface area contributed by atoms with Crippen LogP contribution in [-0.4, -0.2) is 53.5 Å². The average Bonchev–Trinajstić information content (AvgIpc) is 2.89. The Kier molecular flexibility index (Phi) is 6.23. The summed E-state index contributed by atoms with van der Waals surface area (Å²) in [5.41, 5.74) is 6.08. The maximum atomic E-state index is 13.4. The van der Waals surface area contributed by atoms with Crippen molar-refractivity contribution in [2.45, 2.75) is 13.8 Å². The molecule has 1 amide bonds. The Morgan fingerprint density at radius 2 is 1.82 bits per heavy atom. The normalized spacial score (nSPS) is 14.4. The van der Waals surface area contributed by atoms with E-state index in [1.165, 1.54) is 5.69 Å². The minimum atomic E-state index is -0.142. The van der Waals surface area contributed by atoms with Crippen molar-refractivity contribution < 1.29 is 4.79 Å². The van der Waals surface area contributed by atoms with E-state index in [1.807, 2.05) is 55.5 Å². The Balaban J connectivity index is 1.42. The molecule has 0 bridgehead atoms. The monoisotopic (exact) mass is 451 g/mol. The first-order chi connectivity index (χ1) is 16.6. The quantitative estimate of drug-likeness (QED) is 0.463. The number of fused-ring (bicyclic) bond motifs is 1. The van der Waals surface area contributed by atoms with Crippen molar-refractivity contribution in [3.63, 3.8) is 0 Å². The summed E-state index contributed by atoms with van der Waals surface area (Å²) in [7, 11) is 0. The van der Waals surface area contributed by atoms with Crippen molar-refractivity contribution in [1.82, 2.24) is 14.9 Å². The molecule has 1 aliphatic heterocycles. The van der Waals surface area contributed by atoms with Crippen LogP contribution in [-0.2, 0) is 0 Å². The largest absolute Gasteiger partial charge is 0.369 e. The van der Waals surface area contributed by atoms with Gasteiger partial charge in [-0.25, -0.2) is 4.98 Å². The fourth-order valence-electron chi connectivity index (χ4n) is 4.52. The van der Waals surface area contributed by atoms with Gasteiger partial charge in [-0.3, -0.25) is 9.78 Å². The fourth-order valence-corrected chi connectivity index (χ4v) is 4.52. The number of carbonyl (C=O) groups excluding carboxylic acids is 1. The second-order valence-corrected chi connectivity index (χ2v) is 8.69. The van der Waals surface area contributed by atoms with E-state index in [2.05, 4.69) is 39.2 Å². The van der Waals surface area contributed by atoms with Gasteiger partial charge in [0, 0.05) is 60.9 Å². The fraction of sp³-hybridized carbons (Fsp3) is 0.250. The van der Waals surface area contributed by atoms with Crippen molar-refractivity contribution in [3.05, 3.63) is 84.2 Å². The van der Waals surface area contributed by atoms with Gasteiger partial charge in [0.15, 0.2) is 0 Å². The van der Waals surface area contributed by atoms with Crippen LogP contribution in [0.1, 0.15) is 22.8 Å². The van der Waals surface area contributed by atoms with Crippen LogP contribution in [0.3, 0.4) is 0 Å². The second-order valence-electron chi connectivity index (χ2n) is 8.69. The van der Waals surface area contributed by atoms with Crippen molar-refractivity contribution >= 4 is 28.2 Å². The first-order valence-electron chi connectivity index (χ1n) is 11.8. The lowest BCUT2D eigenvalue weighted by molar-refractivity contribution is 0.102. The molecule has 1 N–H and O–H groups in total. The van der Waals surface area contributed by atoms with Gasteiger partial charge in [-0.05, 0) is 61.5 Å². The Bertz CT molecular complexity index is 1310. The van der Waals surface area contributed by atoms with Gasteiger partial charge in [-0.1, -0.05) is 25.1 Å². The standard InChI is InChI=1S/C28H29N5O/c1-3-32-13-15-33(16-14-32)22-10-11-25(20(2)17-22)31-28(34)24-18-27(21-7-6-12-29-19-21)30-26-9-5-4-8-23(24)26/h4-12,17-19H,3,13-16H2,1-2H3,(H,31,34). The highest BCUT2D eigenvalue weighted by Gasteiger charge is 2.18. The maximum absolute atomic E-state index is 13.4. The third kappa shape index (κ3) is 4.50. The molecule has 0 radical (unpaired) electrons. The summed E-state index contributed by atoms with van der Waals surface area (Å²) >= 11 is 0. The van der Waals surface area contributed by atoms with E-state index < -0.39 is 0 Å². The van der Waals surface area contributed by atoms with Gasteiger partial charge in [0.1, 0.15) is 0 Å². The number of pyridine rings is 2. The van der Waals surface area contributed by atoms with Crippen LogP contribution < -0.4 is 10.2 Å². The van der Waals surface area contributed by atoms with Crippen LogP contribution >= 0.6 is 0 Å². The highest BCUT2D eigenvalue weighted by molar-refractivity contribution is 6.13.